The maximum absolute atomic E-state index is 5.05. The highest BCUT2D eigenvalue weighted by Crippen LogP contribution is 2.44. The van der Waals surface area contributed by atoms with E-state index in [1.165, 1.54) is 5.56 Å². The SMILES string of the molecule is COC(Br)NNC1(c2ccccc2)CC1. The molecule has 0 aliphatic heterocycles. The maximum Gasteiger partial charge on any atom is 0.176 e. The quantitative estimate of drug-likeness (QED) is 0.372. The third-order valence-electron chi connectivity index (χ3n) is 2.71. The van der Waals surface area contributed by atoms with Gasteiger partial charge in [-0.1, -0.05) is 30.3 Å². The van der Waals surface area contributed by atoms with Gasteiger partial charge in [0.25, 0.3) is 0 Å². The molecule has 3 nitrogen and oxygen atoms in total. The van der Waals surface area contributed by atoms with Crippen LogP contribution in [-0.2, 0) is 10.3 Å². The number of rotatable bonds is 5. The van der Waals surface area contributed by atoms with Gasteiger partial charge in [0.05, 0.1) is 5.54 Å². The van der Waals surface area contributed by atoms with Crippen LogP contribution in [0.2, 0.25) is 0 Å². The second kappa shape index (κ2) is 4.61. The Morgan fingerprint density at radius 2 is 2.00 bits per heavy atom. The molecule has 1 aliphatic carbocycles. The summed E-state index contributed by atoms with van der Waals surface area (Å²) in [6, 6.07) is 10.5. The molecule has 0 spiro atoms. The van der Waals surface area contributed by atoms with Crippen molar-refractivity contribution in [3.63, 3.8) is 0 Å². The van der Waals surface area contributed by atoms with E-state index in [9.17, 15) is 0 Å². The van der Waals surface area contributed by atoms with Crippen molar-refractivity contribution in [1.29, 1.82) is 0 Å². The number of hydrogen-bond donors (Lipinski definition) is 2. The number of nitrogens with one attached hydrogen (secondary N) is 2. The van der Waals surface area contributed by atoms with Gasteiger partial charge in [0, 0.05) is 7.11 Å². The van der Waals surface area contributed by atoms with E-state index in [1.807, 2.05) is 6.07 Å². The van der Waals surface area contributed by atoms with Crippen molar-refractivity contribution in [3.8, 4) is 0 Å². The van der Waals surface area contributed by atoms with E-state index in [1.54, 1.807) is 7.11 Å². The molecule has 1 unspecified atom stereocenters. The van der Waals surface area contributed by atoms with Crippen molar-refractivity contribution in [2.45, 2.75) is 23.5 Å². The molecule has 0 aromatic heterocycles. The van der Waals surface area contributed by atoms with Gasteiger partial charge in [-0.15, -0.1) is 0 Å². The average molecular weight is 271 g/mol. The van der Waals surface area contributed by atoms with Crippen molar-refractivity contribution in [1.82, 2.24) is 10.9 Å². The van der Waals surface area contributed by atoms with E-state index in [-0.39, 0.29) is 10.7 Å². The van der Waals surface area contributed by atoms with Crippen molar-refractivity contribution in [3.05, 3.63) is 35.9 Å². The Bertz CT molecular complexity index is 314. The summed E-state index contributed by atoms with van der Waals surface area (Å²) in [4.78, 5) is 0. The van der Waals surface area contributed by atoms with Crippen LogP contribution in [0.1, 0.15) is 18.4 Å². The minimum atomic E-state index is -0.154. The standard InChI is InChI=1S/C11H15BrN2O/c1-15-10(12)13-14-11(7-8-11)9-5-3-2-4-6-9/h2-6,10,13-14H,7-8H2,1H3. The van der Waals surface area contributed by atoms with Crippen molar-refractivity contribution in [2.24, 2.45) is 0 Å². The molecule has 2 rings (SSSR count). The zero-order chi connectivity index (χ0) is 10.7. The van der Waals surface area contributed by atoms with Crippen LogP contribution >= 0.6 is 15.9 Å². The Labute approximate surface area is 98.3 Å². The first-order valence-electron chi connectivity index (χ1n) is 5.02. The first kappa shape index (κ1) is 11.1. The number of benzene rings is 1. The van der Waals surface area contributed by atoms with Gasteiger partial charge in [0.1, 0.15) is 0 Å². The van der Waals surface area contributed by atoms with Gasteiger partial charge in [-0.25, -0.2) is 10.9 Å². The summed E-state index contributed by atoms with van der Waals surface area (Å²) in [5, 5.41) is -0.154. The van der Waals surface area contributed by atoms with Gasteiger partial charge in [-0.05, 0) is 34.3 Å². The number of hydrogen-bond acceptors (Lipinski definition) is 3. The van der Waals surface area contributed by atoms with E-state index >= 15 is 0 Å². The van der Waals surface area contributed by atoms with Gasteiger partial charge in [-0.3, -0.25) is 0 Å². The molecule has 2 N–H and O–H groups in total. The highest BCUT2D eigenvalue weighted by molar-refractivity contribution is 9.09. The normalized spacial score (nSPS) is 19.9. The topological polar surface area (TPSA) is 33.3 Å². The molecule has 1 saturated carbocycles. The molecule has 1 fully saturated rings. The summed E-state index contributed by atoms with van der Waals surface area (Å²) in [6.45, 7) is 0. The van der Waals surface area contributed by atoms with Crippen LogP contribution in [0.15, 0.2) is 30.3 Å². The lowest BCUT2D eigenvalue weighted by Crippen LogP contribution is -2.45. The zero-order valence-corrected chi connectivity index (χ0v) is 10.3. The predicted octanol–water partition coefficient (Wildman–Crippen LogP) is 2.09. The maximum atomic E-state index is 5.05. The van der Waals surface area contributed by atoms with Crippen molar-refractivity contribution >= 4 is 15.9 Å². The number of methoxy groups -OCH3 is 1. The van der Waals surface area contributed by atoms with Gasteiger partial charge in [0.2, 0.25) is 0 Å². The first-order valence-corrected chi connectivity index (χ1v) is 5.93. The highest BCUT2D eigenvalue weighted by Gasteiger charge is 2.44. The monoisotopic (exact) mass is 270 g/mol. The Hall–Kier alpha value is -0.420. The van der Waals surface area contributed by atoms with Crippen molar-refractivity contribution < 1.29 is 4.74 Å². The molecule has 1 atom stereocenters. The molecule has 15 heavy (non-hydrogen) atoms. The number of ether oxygens (including phenoxy) is 1. The molecule has 0 heterocycles. The molecule has 1 aromatic rings. The lowest BCUT2D eigenvalue weighted by molar-refractivity contribution is 0.128. The molecular weight excluding hydrogens is 256 g/mol. The molecule has 0 saturated heterocycles. The van der Waals surface area contributed by atoms with E-state index in [2.05, 4.69) is 51.0 Å². The predicted molar refractivity (Wildman–Crippen MR) is 63.3 cm³/mol. The summed E-state index contributed by atoms with van der Waals surface area (Å²) in [7, 11) is 1.65. The van der Waals surface area contributed by atoms with Gasteiger partial charge < -0.3 is 4.74 Å². The summed E-state index contributed by atoms with van der Waals surface area (Å²) < 4.78 is 5.05. The molecule has 1 aliphatic rings. The average Bonchev–Trinajstić information content (AvgIpc) is 3.08. The summed E-state index contributed by atoms with van der Waals surface area (Å²) in [6.07, 6.45) is 2.32. The third-order valence-corrected chi connectivity index (χ3v) is 3.31. The Balaban J connectivity index is 1.97. The van der Waals surface area contributed by atoms with Gasteiger partial charge >= 0.3 is 0 Å². The first-order chi connectivity index (χ1) is 7.27. The van der Waals surface area contributed by atoms with Gasteiger partial charge in [0.15, 0.2) is 5.14 Å². The summed E-state index contributed by atoms with van der Waals surface area (Å²) in [5.74, 6) is 0. The number of halogens is 1. The molecule has 0 bridgehead atoms. The lowest BCUT2D eigenvalue weighted by Gasteiger charge is -2.20. The lowest BCUT2D eigenvalue weighted by atomic mass is 10.1. The van der Waals surface area contributed by atoms with E-state index in [4.69, 9.17) is 4.74 Å². The van der Waals surface area contributed by atoms with Gasteiger partial charge in [-0.2, -0.15) is 0 Å². The summed E-state index contributed by atoms with van der Waals surface area (Å²) in [5.41, 5.74) is 7.82. The minimum Gasteiger partial charge on any atom is -0.355 e. The molecule has 4 heteroatoms. The number of hydrazine groups is 1. The van der Waals surface area contributed by atoms with E-state index in [0.29, 0.717) is 0 Å². The molecule has 0 radical (unpaired) electrons. The molecule has 82 valence electrons. The van der Waals surface area contributed by atoms with Crippen LogP contribution in [0.4, 0.5) is 0 Å². The van der Waals surface area contributed by atoms with Crippen molar-refractivity contribution in [2.75, 3.05) is 7.11 Å². The molecular formula is C11H15BrN2O. The smallest absolute Gasteiger partial charge is 0.176 e. The van der Waals surface area contributed by atoms with Crippen LogP contribution in [0.25, 0.3) is 0 Å². The minimum absolute atomic E-state index is 0.103. The van der Waals surface area contributed by atoms with Crippen LogP contribution in [-0.4, -0.2) is 12.2 Å². The number of alkyl halides is 1. The highest BCUT2D eigenvalue weighted by atomic mass is 79.9. The van der Waals surface area contributed by atoms with Crippen LogP contribution in [0, 0.1) is 0 Å². The summed E-state index contributed by atoms with van der Waals surface area (Å²) >= 11 is 3.33. The van der Waals surface area contributed by atoms with Crippen LogP contribution < -0.4 is 10.9 Å². The molecule has 0 amide bonds. The van der Waals surface area contributed by atoms with Crippen LogP contribution in [0.5, 0.6) is 0 Å². The second-order valence-corrected chi connectivity index (χ2v) is 4.60. The molecule has 1 aromatic carbocycles. The Morgan fingerprint density at radius 3 is 2.53 bits per heavy atom. The second-order valence-electron chi connectivity index (χ2n) is 3.77. The fourth-order valence-electron chi connectivity index (χ4n) is 1.62. The fourth-order valence-corrected chi connectivity index (χ4v) is 1.74. The fraction of sp³-hybridized carbons (Fsp3) is 0.455. The third kappa shape index (κ3) is 2.58. The Kier molecular flexibility index (Phi) is 3.41. The van der Waals surface area contributed by atoms with E-state index < -0.39 is 0 Å². The zero-order valence-electron chi connectivity index (χ0n) is 8.66. The van der Waals surface area contributed by atoms with Crippen LogP contribution in [0.3, 0.4) is 0 Å². The largest absolute Gasteiger partial charge is 0.355 e. The van der Waals surface area contributed by atoms with E-state index in [0.717, 1.165) is 12.8 Å². The Morgan fingerprint density at radius 1 is 1.33 bits per heavy atom.